The van der Waals surface area contributed by atoms with Gasteiger partial charge in [-0.2, -0.15) is 10.1 Å². The van der Waals surface area contributed by atoms with Crippen molar-refractivity contribution in [3.05, 3.63) is 30.6 Å². The normalized spacial score (nSPS) is 13.1. The highest BCUT2D eigenvalue weighted by Crippen LogP contribution is 2.34. The van der Waals surface area contributed by atoms with Crippen LogP contribution in [0.25, 0.3) is 16.7 Å². The van der Waals surface area contributed by atoms with Crippen LogP contribution in [0.15, 0.2) is 30.6 Å². The Morgan fingerprint density at radius 2 is 2.05 bits per heavy atom. The zero-order chi connectivity index (χ0) is 12.8. The smallest absolute Gasteiger partial charge is 0.231 e. The van der Waals surface area contributed by atoms with Crippen LogP contribution in [0.1, 0.15) is 0 Å². The predicted molar refractivity (Wildman–Crippen MR) is 67.2 cm³/mol. The number of nitrogens with two attached hydrogens (primary N) is 1. The molecule has 0 aliphatic carbocycles. The molecule has 19 heavy (non-hydrogen) atoms. The monoisotopic (exact) mass is 255 g/mol. The Hall–Kier alpha value is -2.83. The molecule has 2 aromatic heterocycles. The van der Waals surface area contributed by atoms with E-state index in [4.69, 9.17) is 15.2 Å². The maximum Gasteiger partial charge on any atom is 0.231 e. The Labute approximate surface area is 107 Å². The minimum atomic E-state index is 0.218. The average Bonchev–Trinajstić information content (AvgIpc) is 3.03. The predicted octanol–water partition coefficient (Wildman–Crippen LogP) is 1.13. The molecule has 0 amide bonds. The van der Waals surface area contributed by atoms with E-state index in [-0.39, 0.29) is 12.7 Å². The summed E-state index contributed by atoms with van der Waals surface area (Å²) in [6.45, 7) is 0.244. The summed E-state index contributed by atoms with van der Waals surface area (Å²) in [7, 11) is 0. The standard InChI is InChI=1S/C12H9N5O2/c13-12-14-4-7-5-15-17(11(7)16-12)8-1-2-9-10(3-8)19-6-18-9/h1-5H,6H2,(H2,13,14,16). The van der Waals surface area contributed by atoms with E-state index in [0.29, 0.717) is 11.4 Å². The van der Waals surface area contributed by atoms with Gasteiger partial charge < -0.3 is 15.2 Å². The first-order valence-corrected chi connectivity index (χ1v) is 5.67. The molecule has 2 N–H and O–H groups in total. The minimum Gasteiger partial charge on any atom is -0.454 e. The number of rotatable bonds is 1. The van der Waals surface area contributed by atoms with Crippen LogP contribution in [0.3, 0.4) is 0 Å². The van der Waals surface area contributed by atoms with E-state index < -0.39 is 0 Å². The molecule has 0 spiro atoms. The summed E-state index contributed by atoms with van der Waals surface area (Å²) < 4.78 is 12.3. The van der Waals surface area contributed by atoms with E-state index in [1.165, 1.54) is 0 Å². The van der Waals surface area contributed by atoms with E-state index in [9.17, 15) is 0 Å². The largest absolute Gasteiger partial charge is 0.454 e. The van der Waals surface area contributed by atoms with E-state index in [1.54, 1.807) is 17.1 Å². The van der Waals surface area contributed by atoms with Gasteiger partial charge in [0.2, 0.25) is 12.7 Å². The lowest BCUT2D eigenvalue weighted by atomic mass is 10.3. The molecule has 4 rings (SSSR count). The van der Waals surface area contributed by atoms with Crippen molar-refractivity contribution in [3.8, 4) is 17.2 Å². The zero-order valence-corrected chi connectivity index (χ0v) is 9.78. The number of fused-ring (bicyclic) bond motifs is 2. The summed E-state index contributed by atoms with van der Waals surface area (Å²) >= 11 is 0. The molecular weight excluding hydrogens is 246 g/mol. The quantitative estimate of drug-likeness (QED) is 0.701. The SMILES string of the molecule is Nc1ncc2cnn(-c3ccc4c(c3)OCO4)c2n1. The summed E-state index contributed by atoms with van der Waals surface area (Å²) in [5, 5.41) is 5.12. The van der Waals surface area contributed by atoms with Gasteiger partial charge in [0, 0.05) is 12.3 Å². The highest BCUT2D eigenvalue weighted by atomic mass is 16.7. The number of nitrogens with zero attached hydrogens (tertiary/aromatic N) is 4. The van der Waals surface area contributed by atoms with Gasteiger partial charge in [-0.05, 0) is 12.1 Å². The summed E-state index contributed by atoms with van der Waals surface area (Å²) in [5.74, 6) is 1.65. The third kappa shape index (κ3) is 1.48. The number of hydrogen-bond donors (Lipinski definition) is 1. The van der Waals surface area contributed by atoms with Crippen molar-refractivity contribution in [1.29, 1.82) is 0 Å². The number of anilines is 1. The van der Waals surface area contributed by atoms with Crippen molar-refractivity contribution >= 4 is 17.0 Å². The molecule has 7 nitrogen and oxygen atoms in total. The van der Waals surface area contributed by atoms with Gasteiger partial charge in [-0.25, -0.2) is 9.67 Å². The first-order valence-electron chi connectivity index (χ1n) is 5.67. The average molecular weight is 255 g/mol. The molecule has 1 aromatic carbocycles. The van der Waals surface area contributed by atoms with Crippen LogP contribution in [0.5, 0.6) is 11.5 Å². The lowest BCUT2D eigenvalue weighted by Gasteiger charge is -2.04. The van der Waals surface area contributed by atoms with E-state index in [0.717, 1.165) is 16.8 Å². The molecule has 0 radical (unpaired) electrons. The van der Waals surface area contributed by atoms with Gasteiger partial charge in [0.05, 0.1) is 17.3 Å². The molecule has 1 aliphatic heterocycles. The van der Waals surface area contributed by atoms with Gasteiger partial charge in [0.25, 0.3) is 0 Å². The maximum atomic E-state index is 5.61. The van der Waals surface area contributed by atoms with Crippen LogP contribution in [0, 0.1) is 0 Å². The lowest BCUT2D eigenvalue weighted by molar-refractivity contribution is 0.174. The topological polar surface area (TPSA) is 88.1 Å². The fourth-order valence-electron chi connectivity index (χ4n) is 2.04. The lowest BCUT2D eigenvalue weighted by Crippen LogP contribution is -2.00. The molecular formula is C12H9N5O2. The van der Waals surface area contributed by atoms with Gasteiger partial charge in [0.1, 0.15) is 0 Å². The Bertz CT molecular complexity index is 783. The van der Waals surface area contributed by atoms with Crippen molar-refractivity contribution in [2.45, 2.75) is 0 Å². The minimum absolute atomic E-state index is 0.218. The summed E-state index contributed by atoms with van der Waals surface area (Å²) in [4.78, 5) is 8.14. The Morgan fingerprint density at radius 1 is 1.16 bits per heavy atom. The van der Waals surface area contributed by atoms with Crippen molar-refractivity contribution in [3.63, 3.8) is 0 Å². The summed E-state index contributed by atoms with van der Waals surface area (Å²) in [5.41, 5.74) is 7.10. The summed E-state index contributed by atoms with van der Waals surface area (Å²) in [6.07, 6.45) is 3.34. The number of hydrogen-bond acceptors (Lipinski definition) is 6. The Balaban J connectivity index is 1.92. The molecule has 0 saturated carbocycles. The molecule has 0 atom stereocenters. The molecule has 0 saturated heterocycles. The highest BCUT2D eigenvalue weighted by molar-refractivity contribution is 5.76. The van der Waals surface area contributed by atoms with Crippen LogP contribution in [-0.4, -0.2) is 26.5 Å². The third-order valence-corrected chi connectivity index (χ3v) is 2.93. The number of aromatic nitrogens is 4. The number of benzene rings is 1. The fourth-order valence-corrected chi connectivity index (χ4v) is 2.04. The molecule has 94 valence electrons. The van der Waals surface area contributed by atoms with E-state index >= 15 is 0 Å². The van der Waals surface area contributed by atoms with Crippen molar-refractivity contribution < 1.29 is 9.47 Å². The van der Waals surface area contributed by atoms with Crippen molar-refractivity contribution in [1.82, 2.24) is 19.7 Å². The second-order valence-corrected chi connectivity index (χ2v) is 4.10. The maximum absolute atomic E-state index is 5.61. The van der Waals surface area contributed by atoms with Crippen LogP contribution < -0.4 is 15.2 Å². The molecule has 3 heterocycles. The molecule has 0 fully saturated rings. The second-order valence-electron chi connectivity index (χ2n) is 4.10. The molecule has 7 heteroatoms. The molecule has 1 aliphatic rings. The Morgan fingerprint density at radius 3 is 3.00 bits per heavy atom. The van der Waals surface area contributed by atoms with Gasteiger partial charge in [-0.15, -0.1) is 0 Å². The van der Waals surface area contributed by atoms with E-state index in [2.05, 4.69) is 15.1 Å². The molecule has 3 aromatic rings. The summed E-state index contributed by atoms with van der Waals surface area (Å²) in [6, 6.07) is 5.58. The number of ether oxygens (including phenoxy) is 2. The van der Waals surface area contributed by atoms with Crippen molar-refractivity contribution in [2.75, 3.05) is 12.5 Å². The molecule has 0 unspecified atom stereocenters. The van der Waals surface area contributed by atoms with Crippen LogP contribution in [0.2, 0.25) is 0 Å². The number of nitrogen functional groups attached to an aromatic ring is 1. The van der Waals surface area contributed by atoms with Gasteiger partial charge in [0.15, 0.2) is 17.1 Å². The van der Waals surface area contributed by atoms with Crippen LogP contribution in [0.4, 0.5) is 5.95 Å². The Kier molecular flexibility index (Phi) is 1.91. The second kappa shape index (κ2) is 3.58. The third-order valence-electron chi connectivity index (χ3n) is 2.93. The van der Waals surface area contributed by atoms with Crippen molar-refractivity contribution in [2.24, 2.45) is 0 Å². The molecule has 0 bridgehead atoms. The van der Waals surface area contributed by atoms with Gasteiger partial charge >= 0.3 is 0 Å². The fraction of sp³-hybridized carbons (Fsp3) is 0.0833. The highest BCUT2D eigenvalue weighted by Gasteiger charge is 2.15. The van der Waals surface area contributed by atoms with Gasteiger partial charge in [-0.1, -0.05) is 0 Å². The van der Waals surface area contributed by atoms with Crippen LogP contribution in [-0.2, 0) is 0 Å². The zero-order valence-electron chi connectivity index (χ0n) is 9.78. The van der Waals surface area contributed by atoms with Crippen LogP contribution >= 0.6 is 0 Å². The van der Waals surface area contributed by atoms with E-state index in [1.807, 2.05) is 18.2 Å². The first-order chi connectivity index (χ1) is 9.31. The first kappa shape index (κ1) is 10.1. The van der Waals surface area contributed by atoms with Gasteiger partial charge in [-0.3, -0.25) is 0 Å².